The van der Waals surface area contributed by atoms with E-state index >= 15 is 0 Å². The standard InChI is InChI=1S/C23H28N4O5S2/c1-14(2)23-25-21(26-32-23)19-12-20(15(3)33-19)34(29,30)27-11-7-8-16(13-27)22(28)24-17-9-5-6-10-18(17)31-4/h5-6,9-10,12,14,16H,7-8,11,13H2,1-4H3,(H,24,28)/t16-/m0/s1. The molecule has 0 aliphatic carbocycles. The third-order valence-electron chi connectivity index (χ3n) is 5.77. The molecular weight excluding hydrogens is 476 g/mol. The van der Waals surface area contributed by atoms with Crippen LogP contribution in [0.25, 0.3) is 10.7 Å². The lowest BCUT2D eigenvalue weighted by atomic mass is 9.98. The largest absolute Gasteiger partial charge is 0.495 e. The van der Waals surface area contributed by atoms with Crippen molar-refractivity contribution in [3.63, 3.8) is 0 Å². The lowest BCUT2D eigenvalue weighted by Gasteiger charge is -2.31. The van der Waals surface area contributed by atoms with Gasteiger partial charge in [-0.3, -0.25) is 4.79 Å². The maximum atomic E-state index is 13.5. The molecule has 0 unspecified atom stereocenters. The molecule has 0 saturated carbocycles. The van der Waals surface area contributed by atoms with Gasteiger partial charge in [0.2, 0.25) is 27.6 Å². The van der Waals surface area contributed by atoms with Crippen molar-refractivity contribution in [3.8, 4) is 16.5 Å². The Morgan fingerprint density at radius 1 is 1.32 bits per heavy atom. The van der Waals surface area contributed by atoms with Crippen molar-refractivity contribution in [1.82, 2.24) is 14.4 Å². The molecule has 0 bridgehead atoms. The van der Waals surface area contributed by atoms with Crippen molar-refractivity contribution in [3.05, 3.63) is 41.1 Å². The maximum absolute atomic E-state index is 13.5. The van der Waals surface area contributed by atoms with Crippen LogP contribution in [0.5, 0.6) is 5.75 Å². The summed E-state index contributed by atoms with van der Waals surface area (Å²) >= 11 is 1.31. The van der Waals surface area contributed by atoms with Gasteiger partial charge in [-0.1, -0.05) is 31.1 Å². The lowest BCUT2D eigenvalue weighted by molar-refractivity contribution is -0.120. The molecule has 1 saturated heterocycles. The number of amides is 1. The quantitative estimate of drug-likeness (QED) is 0.511. The van der Waals surface area contributed by atoms with Crippen molar-refractivity contribution in [2.45, 2.75) is 44.4 Å². The van der Waals surface area contributed by atoms with Gasteiger partial charge in [-0.25, -0.2) is 8.42 Å². The molecule has 1 amide bonds. The van der Waals surface area contributed by atoms with Crippen LogP contribution in [0.2, 0.25) is 0 Å². The molecule has 3 heterocycles. The number of thiophene rings is 1. The van der Waals surface area contributed by atoms with Gasteiger partial charge in [0, 0.05) is 23.9 Å². The summed E-state index contributed by atoms with van der Waals surface area (Å²) in [7, 11) is -2.25. The van der Waals surface area contributed by atoms with E-state index in [4.69, 9.17) is 9.26 Å². The zero-order valence-electron chi connectivity index (χ0n) is 19.6. The summed E-state index contributed by atoms with van der Waals surface area (Å²) in [5, 5.41) is 6.88. The number of para-hydroxylation sites is 2. The fraction of sp³-hybridized carbons (Fsp3) is 0.435. The van der Waals surface area contributed by atoms with Crippen LogP contribution >= 0.6 is 11.3 Å². The number of carbonyl (C=O) groups excluding carboxylic acids is 1. The number of rotatable bonds is 7. The first-order valence-electron chi connectivity index (χ1n) is 11.1. The van der Waals surface area contributed by atoms with Crippen LogP contribution in [0.1, 0.15) is 43.4 Å². The van der Waals surface area contributed by atoms with Gasteiger partial charge >= 0.3 is 0 Å². The Morgan fingerprint density at radius 2 is 2.09 bits per heavy atom. The zero-order chi connectivity index (χ0) is 24.5. The number of aryl methyl sites for hydroxylation is 1. The highest BCUT2D eigenvalue weighted by atomic mass is 32.2. The third kappa shape index (κ3) is 4.86. The molecule has 1 aliphatic rings. The number of ether oxygens (including phenoxy) is 1. The van der Waals surface area contributed by atoms with Crippen LogP contribution in [0.3, 0.4) is 0 Å². The van der Waals surface area contributed by atoms with Crippen molar-refractivity contribution >= 4 is 33.0 Å². The Morgan fingerprint density at radius 3 is 2.79 bits per heavy atom. The Kier molecular flexibility index (Phi) is 7.06. The van der Waals surface area contributed by atoms with E-state index in [0.29, 0.717) is 52.3 Å². The topological polar surface area (TPSA) is 115 Å². The number of anilines is 1. The first-order chi connectivity index (χ1) is 16.2. The number of aromatic nitrogens is 2. The summed E-state index contributed by atoms with van der Waals surface area (Å²) in [5.41, 5.74) is 0.564. The number of nitrogens with one attached hydrogen (secondary N) is 1. The van der Waals surface area contributed by atoms with Gasteiger partial charge < -0.3 is 14.6 Å². The Labute approximate surface area is 203 Å². The fourth-order valence-electron chi connectivity index (χ4n) is 3.90. The van der Waals surface area contributed by atoms with Gasteiger partial charge in [0.25, 0.3) is 0 Å². The summed E-state index contributed by atoms with van der Waals surface area (Å²) in [4.78, 5) is 18.8. The highest BCUT2D eigenvalue weighted by Gasteiger charge is 2.35. The minimum Gasteiger partial charge on any atom is -0.495 e. The summed E-state index contributed by atoms with van der Waals surface area (Å²) in [5.74, 6) is 0.839. The van der Waals surface area contributed by atoms with E-state index < -0.39 is 15.9 Å². The second-order valence-corrected chi connectivity index (χ2v) is 11.7. The summed E-state index contributed by atoms with van der Waals surface area (Å²) < 4.78 is 39.0. The molecule has 1 atom stereocenters. The van der Waals surface area contributed by atoms with E-state index in [-0.39, 0.29) is 23.3 Å². The van der Waals surface area contributed by atoms with Gasteiger partial charge in [0.05, 0.1) is 28.5 Å². The van der Waals surface area contributed by atoms with E-state index in [0.717, 1.165) is 0 Å². The van der Waals surface area contributed by atoms with E-state index in [2.05, 4.69) is 15.5 Å². The molecule has 1 N–H and O–H groups in total. The third-order valence-corrected chi connectivity index (χ3v) is 8.93. The van der Waals surface area contributed by atoms with Crippen LogP contribution in [0.4, 0.5) is 5.69 Å². The monoisotopic (exact) mass is 504 g/mol. The molecule has 0 spiro atoms. The normalized spacial score (nSPS) is 17.1. The van der Waals surface area contributed by atoms with Gasteiger partial charge in [0.15, 0.2) is 0 Å². The molecule has 11 heteroatoms. The molecule has 182 valence electrons. The SMILES string of the molecule is COc1ccccc1NC(=O)[C@H]1CCCN(S(=O)(=O)c2cc(-c3noc(C(C)C)n3)sc2C)C1. The second kappa shape index (κ2) is 9.85. The van der Waals surface area contributed by atoms with Crippen molar-refractivity contribution in [1.29, 1.82) is 0 Å². The van der Waals surface area contributed by atoms with Crippen LogP contribution in [0, 0.1) is 12.8 Å². The van der Waals surface area contributed by atoms with E-state index in [1.54, 1.807) is 31.2 Å². The van der Waals surface area contributed by atoms with Gasteiger partial charge in [-0.2, -0.15) is 9.29 Å². The average Bonchev–Trinajstić information content (AvgIpc) is 3.47. The molecule has 1 fully saturated rings. The molecule has 3 aromatic rings. The van der Waals surface area contributed by atoms with Gasteiger partial charge in [0.1, 0.15) is 5.75 Å². The van der Waals surface area contributed by atoms with Crippen LogP contribution < -0.4 is 10.1 Å². The minimum atomic E-state index is -3.79. The summed E-state index contributed by atoms with van der Waals surface area (Å²) in [6, 6.07) is 8.74. The predicted molar refractivity (Wildman–Crippen MR) is 130 cm³/mol. The Bertz CT molecular complexity index is 1280. The molecule has 9 nitrogen and oxygen atoms in total. The maximum Gasteiger partial charge on any atom is 0.244 e. The van der Waals surface area contributed by atoms with Crippen LogP contribution in [0.15, 0.2) is 39.8 Å². The molecule has 2 aromatic heterocycles. The number of nitrogens with zero attached hydrogens (tertiary/aromatic N) is 3. The molecule has 1 aromatic carbocycles. The first-order valence-corrected chi connectivity index (χ1v) is 13.3. The van der Waals surface area contributed by atoms with Crippen molar-refractivity contribution in [2.75, 3.05) is 25.5 Å². The number of hydrogen-bond acceptors (Lipinski definition) is 8. The van der Waals surface area contributed by atoms with E-state index in [1.165, 1.54) is 22.8 Å². The fourth-order valence-corrected chi connectivity index (χ4v) is 6.91. The molecule has 4 rings (SSSR count). The number of piperidine rings is 1. The highest BCUT2D eigenvalue weighted by Crippen LogP contribution is 2.35. The number of sulfonamides is 1. The number of methoxy groups -OCH3 is 1. The van der Waals surface area contributed by atoms with E-state index in [9.17, 15) is 13.2 Å². The highest BCUT2D eigenvalue weighted by molar-refractivity contribution is 7.89. The smallest absolute Gasteiger partial charge is 0.244 e. The molecule has 34 heavy (non-hydrogen) atoms. The Hall–Kier alpha value is -2.76. The van der Waals surface area contributed by atoms with Crippen molar-refractivity contribution < 1.29 is 22.5 Å². The second-order valence-electron chi connectivity index (χ2n) is 8.53. The number of carbonyl (C=O) groups is 1. The van der Waals surface area contributed by atoms with Gasteiger partial charge in [-0.05, 0) is 38.0 Å². The number of benzene rings is 1. The van der Waals surface area contributed by atoms with Crippen molar-refractivity contribution in [2.24, 2.45) is 5.92 Å². The summed E-state index contributed by atoms with van der Waals surface area (Å²) in [6.07, 6.45) is 1.21. The molecular formula is C23H28N4O5S2. The lowest BCUT2D eigenvalue weighted by Crippen LogP contribution is -2.43. The van der Waals surface area contributed by atoms with Gasteiger partial charge in [-0.15, -0.1) is 11.3 Å². The predicted octanol–water partition coefficient (Wildman–Crippen LogP) is 4.28. The zero-order valence-corrected chi connectivity index (χ0v) is 21.2. The van der Waals surface area contributed by atoms with Crippen LogP contribution in [-0.4, -0.2) is 49.0 Å². The summed E-state index contributed by atoms with van der Waals surface area (Å²) in [6.45, 7) is 6.15. The average molecular weight is 505 g/mol. The van der Waals surface area contributed by atoms with Crippen LogP contribution in [-0.2, 0) is 14.8 Å². The van der Waals surface area contributed by atoms with E-state index in [1.807, 2.05) is 19.9 Å². The number of hydrogen-bond donors (Lipinski definition) is 1. The Balaban J connectivity index is 1.52. The molecule has 0 radical (unpaired) electrons. The minimum absolute atomic E-state index is 0.0813. The molecule has 1 aliphatic heterocycles. The first kappa shape index (κ1) is 24.4.